The van der Waals surface area contributed by atoms with E-state index in [1.165, 1.54) is 4.90 Å². The van der Waals surface area contributed by atoms with Crippen molar-refractivity contribution in [1.29, 1.82) is 0 Å². The molecule has 4 saturated carbocycles. The van der Waals surface area contributed by atoms with Crippen LogP contribution in [0.5, 0.6) is 0 Å². The Labute approximate surface area is 208 Å². The fourth-order valence-electron chi connectivity index (χ4n) is 6.45. The molecule has 0 saturated heterocycles. The zero-order valence-corrected chi connectivity index (χ0v) is 21.8. The number of halogens is 2. The van der Waals surface area contributed by atoms with Gasteiger partial charge in [0.2, 0.25) is 11.8 Å². The Morgan fingerprint density at radius 1 is 0.857 bits per heavy atom. The minimum atomic E-state index is -3.02. The molecule has 0 aliphatic heterocycles. The van der Waals surface area contributed by atoms with Crippen molar-refractivity contribution >= 4 is 21.7 Å². The van der Waals surface area contributed by atoms with Crippen LogP contribution in [-0.2, 0) is 19.4 Å². The lowest BCUT2D eigenvalue weighted by atomic mass is 9.82. The fraction of sp³-hybridized carbons (Fsp3) is 0.923. The molecule has 4 aliphatic rings. The number of amides is 2. The van der Waals surface area contributed by atoms with Crippen molar-refractivity contribution in [3.05, 3.63) is 0 Å². The Morgan fingerprint density at radius 3 is 2.14 bits per heavy atom. The second kappa shape index (κ2) is 11.4. The Kier molecular flexibility index (Phi) is 8.75. The van der Waals surface area contributed by atoms with Crippen molar-refractivity contribution in [2.24, 2.45) is 17.8 Å². The lowest BCUT2D eigenvalue weighted by Crippen LogP contribution is -2.51. The molecule has 4 fully saturated rings. The third kappa shape index (κ3) is 6.95. The molecule has 200 valence electrons. The van der Waals surface area contributed by atoms with E-state index in [-0.39, 0.29) is 35.4 Å². The van der Waals surface area contributed by atoms with Crippen LogP contribution < -0.4 is 5.32 Å². The second-order valence-corrected chi connectivity index (χ2v) is 14.0. The van der Waals surface area contributed by atoms with Gasteiger partial charge in [0, 0.05) is 19.5 Å². The number of nitrogens with zero attached hydrogens (tertiary/aromatic N) is 1. The van der Waals surface area contributed by atoms with Gasteiger partial charge >= 0.3 is 0 Å². The maximum absolute atomic E-state index is 15.0. The highest BCUT2D eigenvalue weighted by Gasteiger charge is 2.41. The first-order valence-corrected chi connectivity index (χ1v) is 15.4. The Bertz CT molecular complexity index is 857. The van der Waals surface area contributed by atoms with Crippen LogP contribution in [0.25, 0.3) is 0 Å². The lowest BCUT2D eigenvalue weighted by Gasteiger charge is -2.38. The molecule has 4 rings (SSSR count). The Hall–Kier alpha value is -1.25. The number of hydrogen-bond acceptors (Lipinski definition) is 4. The van der Waals surface area contributed by atoms with Crippen molar-refractivity contribution in [1.82, 2.24) is 10.2 Å². The molecule has 1 N–H and O–H groups in total. The number of hydrogen-bond donors (Lipinski definition) is 1. The maximum atomic E-state index is 15.0. The molecule has 0 radical (unpaired) electrons. The third-order valence-corrected chi connectivity index (χ3v) is 11.3. The summed E-state index contributed by atoms with van der Waals surface area (Å²) in [5.41, 5.74) is 0. The van der Waals surface area contributed by atoms with Crippen LogP contribution in [0.4, 0.5) is 8.78 Å². The molecule has 0 bridgehead atoms. The van der Waals surface area contributed by atoms with Crippen LogP contribution in [0.1, 0.15) is 89.9 Å². The van der Waals surface area contributed by atoms with Crippen LogP contribution in [0.15, 0.2) is 0 Å². The molecular formula is C26H42F2N2O4S. The van der Waals surface area contributed by atoms with E-state index in [1.54, 1.807) is 7.05 Å². The van der Waals surface area contributed by atoms with Gasteiger partial charge in [-0.1, -0.05) is 12.8 Å². The molecule has 0 spiro atoms. The second-order valence-electron chi connectivity index (χ2n) is 11.6. The van der Waals surface area contributed by atoms with Gasteiger partial charge in [0.1, 0.15) is 12.3 Å². The van der Waals surface area contributed by atoms with Crippen LogP contribution in [0.3, 0.4) is 0 Å². The van der Waals surface area contributed by atoms with Crippen LogP contribution in [0, 0.1) is 17.8 Å². The first-order chi connectivity index (χ1) is 16.6. The molecule has 5 unspecified atom stereocenters. The largest absolute Gasteiger partial charge is 0.353 e. The summed E-state index contributed by atoms with van der Waals surface area (Å²) >= 11 is 0. The molecule has 5 atom stereocenters. The van der Waals surface area contributed by atoms with Gasteiger partial charge in [-0.3, -0.25) is 9.59 Å². The minimum Gasteiger partial charge on any atom is -0.353 e. The summed E-state index contributed by atoms with van der Waals surface area (Å²) in [7, 11) is -1.43. The average molecular weight is 517 g/mol. The highest BCUT2D eigenvalue weighted by Crippen LogP contribution is 2.36. The number of alkyl halides is 2. The van der Waals surface area contributed by atoms with Crippen molar-refractivity contribution in [3.8, 4) is 0 Å². The standard InChI is InChI=1S/C26H42F2N2O4S/c1-30(24-5-3-2-4-22(24)27)26(32)21-13-10-19(15-23(21)28)29-25(31)14-17-8-11-20(12-9-17)35(33,34)16-18-6-7-18/h17-24H,2-16H2,1H3,(H,29,31). The zero-order chi connectivity index (χ0) is 25.2. The van der Waals surface area contributed by atoms with Gasteiger partial charge in [-0.25, -0.2) is 17.2 Å². The molecule has 9 heteroatoms. The van der Waals surface area contributed by atoms with E-state index in [2.05, 4.69) is 5.32 Å². The van der Waals surface area contributed by atoms with Crippen molar-refractivity contribution < 1.29 is 26.8 Å². The topological polar surface area (TPSA) is 83.6 Å². The van der Waals surface area contributed by atoms with E-state index in [0.717, 1.165) is 38.5 Å². The fourth-order valence-corrected chi connectivity index (χ4v) is 8.70. The zero-order valence-electron chi connectivity index (χ0n) is 21.0. The number of nitrogens with one attached hydrogen (secondary N) is 1. The van der Waals surface area contributed by atoms with Gasteiger partial charge in [0.25, 0.3) is 0 Å². The van der Waals surface area contributed by atoms with Gasteiger partial charge in [0.05, 0.1) is 23.0 Å². The summed E-state index contributed by atoms with van der Waals surface area (Å²) in [6.07, 6.45) is 6.51. The monoisotopic (exact) mass is 516 g/mol. The van der Waals surface area contributed by atoms with Gasteiger partial charge < -0.3 is 10.2 Å². The Morgan fingerprint density at radius 2 is 1.51 bits per heavy atom. The normalized spacial score (nSPS) is 36.4. The summed E-state index contributed by atoms with van der Waals surface area (Å²) < 4.78 is 54.3. The summed E-state index contributed by atoms with van der Waals surface area (Å²) in [6, 6.07) is -0.759. The molecule has 6 nitrogen and oxygen atoms in total. The van der Waals surface area contributed by atoms with Crippen molar-refractivity contribution in [2.75, 3.05) is 12.8 Å². The number of carbonyl (C=O) groups excluding carboxylic acids is 2. The van der Waals surface area contributed by atoms with Crippen molar-refractivity contribution in [3.63, 3.8) is 0 Å². The highest BCUT2D eigenvalue weighted by molar-refractivity contribution is 7.92. The van der Waals surface area contributed by atoms with E-state index in [4.69, 9.17) is 0 Å². The van der Waals surface area contributed by atoms with E-state index >= 15 is 0 Å². The predicted molar refractivity (Wildman–Crippen MR) is 131 cm³/mol. The molecular weight excluding hydrogens is 474 g/mol. The van der Waals surface area contributed by atoms with E-state index in [1.807, 2.05) is 0 Å². The van der Waals surface area contributed by atoms with Gasteiger partial charge in [-0.15, -0.1) is 0 Å². The predicted octanol–water partition coefficient (Wildman–Crippen LogP) is 4.12. The Balaban J connectivity index is 1.18. The smallest absolute Gasteiger partial charge is 0.228 e. The van der Waals surface area contributed by atoms with Gasteiger partial charge in [-0.2, -0.15) is 0 Å². The minimum absolute atomic E-state index is 0.103. The lowest BCUT2D eigenvalue weighted by molar-refractivity contribution is -0.142. The molecule has 4 aliphatic carbocycles. The molecule has 0 aromatic rings. The van der Waals surface area contributed by atoms with Crippen LogP contribution in [0.2, 0.25) is 0 Å². The quantitative estimate of drug-likeness (QED) is 0.526. The summed E-state index contributed by atoms with van der Waals surface area (Å²) in [6.45, 7) is 0. The first kappa shape index (κ1) is 26.8. The maximum Gasteiger partial charge on any atom is 0.228 e. The number of sulfone groups is 1. The molecule has 35 heavy (non-hydrogen) atoms. The highest BCUT2D eigenvalue weighted by atomic mass is 32.2. The van der Waals surface area contributed by atoms with Crippen LogP contribution >= 0.6 is 0 Å². The van der Waals surface area contributed by atoms with E-state index in [0.29, 0.717) is 56.6 Å². The van der Waals surface area contributed by atoms with Crippen molar-refractivity contribution in [2.45, 2.75) is 120 Å². The molecule has 2 amide bonds. The molecule has 0 aromatic heterocycles. The average Bonchev–Trinajstić information content (AvgIpc) is 3.62. The summed E-state index contributed by atoms with van der Waals surface area (Å²) in [4.78, 5) is 26.9. The van der Waals surface area contributed by atoms with Gasteiger partial charge in [0.15, 0.2) is 9.84 Å². The summed E-state index contributed by atoms with van der Waals surface area (Å²) in [5, 5.41) is 2.69. The summed E-state index contributed by atoms with van der Waals surface area (Å²) in [5.74, 6) is -0.347. The van der Waals surface area contributed by atoms with E-state index in [9.17, 15) is 26.8 Å². The SMILES string of the molecule is CN(C(=O)C1CCC(NC(=O)CC2CCC(S(=O)(=O)CC3CC3)CC2)CC1F)C1CCCCC1F. The first-order valence-electron chi connectivity index (χ1n) is 13.7. The van der Waals surface area contributed by atoms with E-state index < -0.39 is 34.1 Å². The number of rotatable bonds is 8. The van der Waals surface area contributed by atoms with Crippen LogP contribution in [-0.4, -0.2) is 67.6 Å². The third-order valence-electron chi connectivity index (χ3n) is 8.89. The molecule has 0 heterocycles. The molecule has 0 aromatic carbocycles. The number of carbonyl (C=O) groups is 2. The van der Waals surface area contributed by atoms with Gasteiger partial charge in [-0.05, 0) is 82.5 Å².